The van der Waals surface area contributed by atoms with E-state index in [0.717, 1.165) is 39.2 Å². The molecule has 0 amide bonds. The van der Waals surface area contributed by atoms with Gasteiger partial charge in [-0.15, -0.1) is 0 Å². The summed E-state index contributed by atoms with van der Waals surface area (Å²) in [5, 5.41) is 4.02. The monoisotopic (exact) mass is 319 g/mol. The molecule has 0 fully saturated rings. The van der Waals surface area contributed by atoms with E-state index in [-0.39, 0.29) is 5.69 Å². The van der Waals surface area contributed by atoms with E-state index in [1.807, 2.05) is 62.4 Å². The minimum Gasteiger partial charge on any atom is -0.361 e. The van der Waals surface area contributed by atoms with Crippen molar-refractivity contribution in [3.63, 3.8) is 0 Å². The number of aryl methyl sites for hydroxylation is 2. The summed E-state index contributed by atoms with van der Waals surface area (Å²) in [5.74, 6) is 0.777. The molecule has 2 aromatic heterocycles. The highest BCUT2D eigenvalue weighted by Gasteiger charge is 2.14. The molecule has 0 bridgehead atoms. The lowest BCUT2D eigenvalue weighted by molar-refractivity contribution is 0.393. The molecule has 0 unspecified atom stereocenters. The fourth-order valence-electron chi connectivity index (χ4n) is 3.13. The lowest BCUT2D eigenvalue weighted by Crippen LogP contribution is -2.17. The highest BCUT2D eigenvalue weighted by molar-refractivity contribution is 5.83. The Kier molecular flexibility index (Phi) is 3.34. The molecule has 1 N–H and O–H groups in total. The van der Waals surface area contributed by atoms with Crippen LogP contribution < -0.4 is 5.69 Å². The maximum atomic E-state index is 12.4. The van der Waals surface area contributed by atoms with Crippen LogP contribution in [0.25, 0.3) is 22.2 Å². The topological polar surface area (TPSA) is 63.8 Å². The Bertz CT molecular complexity index is 1050. The second-order valence-electron chi connectivity index (χ2n) is 5.93. The first-order valence-electron chi connectivity index (χ1n) is 7.83. The van der Waals surface area contributed by atoms with Crippen molar-refractivity contribution in [2.75, 3.05) is 0 Å². The fraction of sp³-hybridized carbons (Fsp3) is 0.158. The number of H-pyrrole nitrogens is 1. The number of aromatic amines is 1. The molecule has 0 aliphatic carbocycles. The summed E-state index contributed by atoms with van der Waals surface area (Å²) in [4.78, 5) is 15.3. The Morgan fingerprint density at radius 1 is 1.12 bits per heavy atom. The van der Waals surface area contributed by atoms with E-state index in [2.05, 4.69) is 10.1 Å². The summed E-state index contributed by atoms with van der Waals surface area (Å²) in [6, 6.07) is 15.9. The molecular weight excluding hydrogens is 302 g/mol. The third-order valence-corrected chi connectivity index (χ3v) is 4.28. The van der Waals surface area contributed by atoms with Gasteiger partial charge in [-0.25, -0.2) is 4.79 Å². The van der Waals surface area contributed by atoms with Gasteiger partial charge in [-0.2, -0.15) is 0 Å². The molecule has 4 aromatic rings. The maximum absolute atomic E-state index is 12.4. The van der Waals surface area contributed by atoms with Gasteiger partial charge in [0.05, 0.1) is 23.3 Å². The van der Waals surface area contributed by atoms with Crippen LogP contribution in [0.5, 0.6) is 0 Å². The first kappa shape index (κ1) is 14.5. The SMILES string of the molecule is Cc1noc(C)c1-c1ccc2[nH]c(=O)n(Cc3ccccc3)c2c1. The lowest BCUT2D eigenvalue weighted by atomic mass is 10.0. The van der Waals surface area contributed by atoms with Crippen molar-refractivity contribution < 1.29 is 4.52 Å². The van der Waals surface area contributed by atoms with Gasteiger partial charge in [-0.3, -0.25) is 4.57 Å². The molecule has 4 rings (SSSR count). The quantitative estimate of drug-likeness (QED) is 0.627. The van der Waals surface area contributed by atoms with Crippen LogP contribution in [0.4, 0.5) is 0 Å². The van der Waals surface area contributed by atoms with Crippen LogP contribution in [0.2, 0.25) is 0 Å². The Labute approximate surface area is 138 Å². The first-order chi connectivity index (χ1) is 11.6. The Balaban J connectivity index is 1.87. The molecule has 120 valence electrons. The average Bonchev–Trinajstić information content (AvgIpc) is 3.08. The maximum Gasteiger partial charge on any atom is 0.326 e. The molecule has 24 heavy (non-hydrogen) atoms. The number of hydrogen-bond acceptors (Lipinski definition) is 3. The smallest absolute Gasteiger partial charge is 0.326 e. The zero-order chi connectivity index (χ0) is 16.7. The number of nitrogens with one attached hydrogen (secondary N) is 1. The molecule has 0 saturated carbocycles. The van der Waals surface area contributed by atoms with E-state index in [1.165, 1.54) is 0 Å². The predicted molar refractivity (Wildman–Crippen MR) is 93.1 cm³/mol. The Morgan fingerprint density at radius 3 is 2.62 bits per heavy atom. The predicted octanol–water partition coefficient (Wildman–Crippen LogP) is 3.65. The minimum atomic E-state index is -0.107. The van der Waals surface area contributed by atoms with Crippen molar-refractivity contribution in [2.24, 2.45) is 0 Å². The molecule has 0 saturated heterocycles. The van der Waals surface area contributed by atoms with Crippen molar-refractivity contribution in [1.29, 1.82) is 0 Å². The van der Waals surface area contributed by atoms with E-state index < -0.39 is 0 Å². The zero-order valence-electron chi connectivity index (χ0n) is 13.5. The molecule has 0 aliphatic rings. The van der Waals surface area contributed by atoms with Crippen LogP contribution >= 0.6 is 0 Å². The van der Waals surface area contributed by atoms with Crippen LogP contribution in [0, 0.1) is 13.8 Å². The van der Waals surface area contributed by atoms with Gasteiger partial charge >= 0.3 is 5.69 Å². The summed E-state index contributed by atoms with van der Waals surface area (Å²) in [5.41, 5.74) is 5.51. The number of aromatic nitrogens is 3. The normalized spacial score (nSPS) is 11.2. The third kappa shape index (κ3) is 2.34. The molecule has 0 aliphatic heterocycles. The summed E-state index contributed by atoms with van der Waals surface area (Å²) in [6.45, 7) is 4.35. The van der Waals surface area contributed by atoms with Gasteiger partial charge in [-0.05, 0) is 37.1 Å². The Morgan fingerprint density at radius 2 is 1.92 bits per heavy atom. The second kappa shape index (κ2) is 5.53. The van der Waals surface area contributed by atoms with Crippen molar-refractivity contribution >= 4 is 11.0 Å². The van der Waals surface area contributed by atoms with Gasteiger partial charge in [0, 0.05) is 5.56 Å². The van der Waals surface area contributed by atoms with Gasteiger partial charge in [0.1, 0.15) is 5.76 Å². The van der Waals surface area contributed by atoms with Crippen LogP contribution in [0.15, 0.2) is 57.8 Å². The molecular formula is C19H17N3O2. The van der Waals surface area contributed by atoms with Gasteiger partial charge < -0.3 is 9.51 Å². The summed E-state index contributed by atoms with van der Waals surface area (Å²) < 4.78 is 7.02. The van der Waals surface area contributed by atoms with Crippen molar-refractivity contribution in [2.45, 2.75) is 20.4 Å². The van der Waals surface area contributed by atoms with Crippen molar-refractivity contribution in [3.05, 3.63) is 76.0 Å². The number of imidazole rings is 1. The molecule has 0 atom stereocenters. The van der Waals surface area contributed by atoms with Gasteiger partial charge in [-0.1, -0.05) is 41.6 Å². The van der Waals surface area contributed by atoms with Crippen LogP contribution in [-0.4, -0.2) is 14.7 Å². The van der Waals surface area contributed by atoms with E-state index in [0.29, 0.717) is 6.54 Å². The largest absolute Gasteiger partial charge is 0.361 e. The van der Waals surface area contributed by atoms with Crippen LogP contribution in [0.1, 0.15) is 17.0 Å². The number of nitrogens with zero attached hydrogens (tertiary/aromatic N) is 2. The molecule has 5 heteroatoms. The van der Waals surface area contributed by atoms with Crippen LogP contribution in [0.3, 0.4) is 0 Å². The minimum absolute atomic E-state index is 0.107. The van der Waals surface area contributed by atoms with Gasteiger partial charge in [0.25, 0.3) is 0 Å². The first-order valence-corrected chi connectivity index (χ1v) is 7.83. The average molecular weight is 319 g/mol. The highest BCUT2D eigenvalue weighted by Crippen LogP contribution is 2.29. The van der Waals surface area contributed by atoms with Gasteiger partial charge in [0.2, 0.25) is 0 Å². The van der Waals surface area contributed by atoms with E-state index in [9.17, 15) is 4.79 Å². The lowest BCUT2D eigenvalue weighted by Gasteiger charge is -2.05. The summed E-state index contributed by atoms with van der Waals surface area (Å²) >= 11 is 0. The van der Waals surface area contributed by atoms with Crippen LogP contribution in [-0.2, 0) is 6.54 Å². The molecule has 5 nitrogen and oxygen atoms in total. The second-order valence-corrected chi connectivity index (χ2v) is 5.93. The number of fused-ring (bicyclic) bond motifs is 1. The number of hydrogen-bond donors (Lipinski definition) is 1. The van der Waals surface area contributed by atoms with Crippen molar-refractivity contribution in [1.82, 2.24) is 14.7 Å². The fourth-order valence-corrected chi connectivity index (χ4v) is 3.13. The van der Waals surface area contributed by atoms with Gasteiger partial charge in [0.15, 0.2) is 0 Å². The zero-order valence-corrected chi connectivity index (χ0v) is 13.5. The summed E-state index contributed by atoms with van der Waals surface area (Å²) in [6.07, 6.45) is 0. The standard InChI is InChI=1S/C19H17N3O2/c1-12-18(13(2)24-21-12)15-8-9-16-17(10-15)22(19(23)20-16)11-14-6-4-3-5-7-14/h3-10H,11H2,1-2H3,(H,20,23). The number of benzene rings is 2. The van der Waals surface area contributed by atoms with Crippen molar-refractivity contribution in [3.8, 4) is 11.1 Å². The molecule has 2 aromatic carbocycles. The molecule has 2 heterocycles. The number of rotatable bonds is 3. The summed E-state index contributed by atoms with van der Waals surface area (Å²) in [7, 11) is 0. The van der Waals surface area contributed by atoms with E-state index in [4.69, 9.17) is 4.52 Å². The molecule has 0 spiro atoms. The van der Waals surface area contributed by atoms with E-state index in [1.54, 1.807) is 4.57 Å². The highest BCUT2D eigenvalue weighted by atomic mass is 16.5. The Hall–Kier alpha value is -3.08. The van der Waals surface area contributed by atoms with E-state index >= 15 is 0 Å². The third-order valence-electron chi connectivity index (χ3n) is 4.28. The molecule has 0 radical (unpaired) electrons.